The number of pyridine rings is 1. The summed E-state index contributed by atoms with van der Waals surface area (Å²) in [5.74, 6) is -0.610. The first-order chi connectivity index (χ1) is 10.1. The fourth-order valence-electron chi connectivity index (χ4n) is 2.50. The second kappa shape index (κ2) is 7.03. The molecule has 1 saturated heterocycles. The van der Waals surface area contributed by atoms with Crippen LogP contribution in [0.5, 0.6) is 0 Å². The summed E-state index contributed by atoms with van der Waals surface area (Å²) in [6.45, 7) is 2.37. The number of nitrogens with one attached hydrogen (secondary N) is 2. The van der Waals surface area contributed by atoms with Gasteiger partial charge in [0.15, 0.2) is 0 Å². The van der Waals surface area contributed by atoms with Crippen molar-refractivity contribution in [2.75, 3.05) is 32.0 Å². The van der Waals surface area contributed by atoms with Crippen molar-refractivity contribution in [2.24, 2.45) is 5.92 Å². The van der Waals surface area contributed by atoms with Crippen LogP contribution in [0.15, 0.2) is 18.3 Å². The molecule has 7 nitrogen and oxygen atoms in total. The third-order valence-corrected chi connectivity index (χ3v) is 3.53. The summed E-state index contributed by atoms with van der Waals surface area (Å²) in [5, 5.41) is 14.7. The number of hydrogen-bond acceptors (Lipinski definition) is 4. The lowest BCUT2D eigenvalue weighted by molar-refractivity contribution is 0.0690. The van der Waals surface area contributed by atoms with Crippen molar-refractivity contribution in [1.82, 2.24) is 15.2 Å². The van der Waals surface area contributed by atoms with Gasteiger partial charge in [0.2, 0.25) is 0 Å². The average Bonchev–Trinajstić information content (AvgIpc) is 2.48. The van der Waals surface area contributed by atoms with Crippen LogP contribution < -0.4 is 10.6 Å². The summed E-state index contributed by atoms with van der Waals surface area (Å²) in [4.78, 5) is 28.5. The Morgan fingerprint density at radius 1 is 1.48 bits per heavy atom. The van der Waals surface area contributed by atoms with E-state index in [4.69, 9.17) is 5.11 Å². The number of nitrogens with zero attached hydrogens (tertiary/aromatic N) is 2. The molecule has 3 N–H and O–H groups in total. The SMILES string of the molecule is CNCC1CCCN(C(=O)Nc2ccc(C(=O)O)nc2)C1. The van der Waals surface area contributed by atoms with E-state index in [1.54, 1.807) is 11.0 Å². The van der Waals surface area contributed by atoms with Crippen LogP contribution in [0.4, 0.5) is 10.5 Å². The molecule has 1 aliphatic heterocycles. The fraction of sp³-hybridized carbons (Fsp3) is 0.500. The molecule has 1 aliphatic rings. The van der Waals surface area contributed by atoms with Crippen LogP contribution in [0.3, 0.4) is 0 Å². The molecule has 114 valence electrons. The zero-order chi connectivity index (χ0) is 15.2. The number of amides is 2. The molecule has 0 saturated carbocycles. The summed E-state index contributed by atoms with van der Waals surface area (Å²) < 4.78 is 0. The number of aromatic carboxylic acids is 1. The highest BCUT2D eigenvalue weighted by molar-refractivity contribution is 5.90. The predicted molar refractivity (Wildman–Crippen MR) is 78.4 cm³/mol. The molecule has 1 fully saturated rings. The number of anilines is 1. The van der Waals surface area contributed by atoms with Gasteiger partial charge in [-0.15, -0.1) is 0 Å². The lowest BCUT2D eigenvalue weighted by Gasteiger charge is -2.32. The number of rotatable bonds is 4. The van der Waals surface area contributed by atoms with Crippen molar-refractivity contribution >= 4 is 17.7 Å². The van der Waals surface area contributed by atoms with Gasteiger partial charge in [-0.3, -0.25) is 0 Å². The van der Waals surface area contributed by atoms with Crippen molar-refractivity contribution in [2.45, 2.75) is 12.8 Å². The van der Waals surface area contributed by atoms with Crippen LogP contribution in [-0.4, -0.2) is 53.7 Å². The molecule has 1 aromatic rings. The molecule has 1 unspecified atom stereocenters. The third-order valence-electron chi connectivity index (χ3n) is 3.53. The normalized spacial score (nSPS) is 18.3. The summed E-state index contributed by atoms with van der Waals surface area (Å²) in [6, 6.07) is 2.75. The quantitative estimate of drug-likeness (QED) is 0.776. The van der Waals surface area contributed by atoms with Crippen LogP contribution in [-0.2, 0) is 0 Å². The molecule has 7 heteroatoms. The van der Waals surface area contributed by atoms with Crippen molar-refractivity contribution < 1.29 is 14.7 Å². The number of carbonyl (C=O) groups excluding carboxylic acids is 1. The van der Waals surface area contributed by atoms with Gasteiger partial charge in [-0.1, -0.05) is 0 Å². The Morgan fingerprint density at radius 3 is 2.90 bits per heavy atom. The highest BCUT2D eigenvalue weighted by atomic mass is 16.4. The maximum atomic E-state index is 12.2. The molecule has 0 aromatic carbocycles. The second-order valence-electron chi connectivity index (χ2n) is 5.18. The number of hydrogen-bond donors (Lipinski definition) is 3. The number of aromatic nitrogens is 1. The molecule has 21 heavy (non-hydrogen) atoms. The molecular weight excluding hydrogens is 272 g/mol. The van der Waals surface area contributed by atoms with Gasteiger partial charge in [0.25, 0.3) is 0 Å². The van der Waals surface area contributed by atoms with E-state index < -0.39 is 5.97 Å². The number of urea groups is 1. The lowest BCUT2D eigenvalue weighted by Crippen LogP contribution is -2.44. The van der Waals surface area contributed by atoms with Gasteiger partial charge in [-0.05, 0) is 44.5 Å². The number of carboxylic acid groups (broad SMARTS) is 1. The molecule has 0 radical (unpaired) electrons. The Labute approximate surface area is 123 Å². The van der Waals surface area contributed by atoms with Crippen molar-refractivity contribution in [3.8, 4) is 0 Å². The van der Waals surface area contributed by atoms with Crippen LogP contribution in [0.25, 0.3) is 0 Å². The van der Waals surface area contributed by atoms with E-state index in [9.17, 15) is 9.59 Å². The molecule has 0 aliphatic carbocycles. The first kappa shape index (κ1) is 15.2. The van der Waals surface area contributed by atoms with Crippen molar-refractivity contribution in [3.05, 3.63) is 24.0 Å². The van der Waals surface area contributed by atoms with Crippen molar-refractivity contribution in [1.29, 1.82) is 0 Å². The van der Waals surface area contributed by atoms with Gasteiger partial charge >= 0.3 is 12.0 Å². The maximum Gasteiger partial charge on any atom is 0.354 e. The van der Waals surface area contributed by atoms with E-state index in [-0.39, 0.29) is 11.7 Å². The minimum atomic E-state index is -1.08. The van der Waals surface area contributed by atoms with Crippen LogP contribution >= 0.6 is 0 Å². The largest absolute Gasteiger partial charge is 0.477 e. The Hall–Kier alpha value is -2.15. The molecule has 1 atom stereocenters. The van der Waals surface area contributed by atoms with Crippen LogP contribution in [0, 0.1) is 5.92 Å². The summed E-state index contributed by atoms with van der Waals surface area (Å²) in [5.41, 5.74) is 0.459. The zero-order valence-corrected chi connectivity index (χ0v) is 12.0. The van der Waals surface area contributed by atoms with Crippen LogP contribution in [0.2, 0.25) is 0 Å². The molecule has 2 amide bonds. The Bertz CT molecular complexity index is 501. The van der Waals surface area contributed by atoms with E-state index >= 15 is 0 Å². The fourth-order valence-corrected chi connectivity index (χ4v) is 2.50. The molecular formula is C14H20N4O3. The molecule has 0 bridgehead atoms. The van der Waals surface area contributed by atoms with Gasteiger partial charge in [0, 0.05) is 13.1 Å². The average molecular weight is 292 g/mol. The molecule has 2 rings (SSSR count). The van der Waals surface area contributed by atoms with Gasteiger partial charge < -0.3 is 20.6 Å². The maximum absolute atomic E-state index is 12.2. The molecule has 0 spiro atoms. The summed E-state index contributed by atoms with van der Waals surface area (Å²) in [7, 11) is 1.91. The zero-order valence-electron chi connectivity index (χ0n) is 12.0. The number of likely N-dealkylation sites (tertiary alicyclic amines) is 1. The van der Waals surface area contributed by atoms with E-state index in [1.807, 2.05) is 7.05 Å². The highest BCUT2D eigenvalue weighted by Crippen LogP contribution is 2.17. The minimum absolute atomic E-state index is 0.0416. The van der Waals surface area contributed by atoms with E-state index in [1.165, 1.54) is 12.3 Å². The van der Waals surface area contributed by atoms with Gasteiger partial charge in [0.1, 0.15) is 5.69 Å². The smallest absolute Gasteiger partial charge is 0.354 e. The number of carboxylic acids is 1. The van der Waals surface area contributed by atoms with Gasteiger partial charge in [-0.25, -0.2) is 14.6 Å². The van der Waals surface area contributed by atoms with E-state index in [2.05, 4.69) is 15.6 Å². The van der Waals surface area contributed by atoms with Crippen LogP contribution in [0.1, 0.15) is 23.3 Å². The number of carbonyl (C=O) groups is 2. The van der Waals surface area contributed by atoms with E-state index in [0.29, 0.717) is 11.6 Å². The molecule has 2 heterocycles. The highest BCUT2D eigenvalue weighted by Gasteiger charge is 2.23. The van der Waals surface area contributed by atoms with E-state index in [0.717, 1.165) is 32.5 Å². The Balaban J connectivity index is 1.92. The predicted octanol–water partition coefficient (Wildman–Crippen LogP) is 1.24. The number of piperidine rings is 1. The summed E-state index contributed by atoms with van der Waals surface area (Å²) >= 11 is 0. The standard InChI is InChI=1S/C14H20N4O3/c1-15-7-10-3-2-6-18(9-10)14(21)17-11-4-5-12(13(19)20)16-8-11/h4-5,8,10,15H,2-3,6-7,9H2,1H3,(H,17,21)(H,19,20). The van der Waals surface area contributed by atoms with Crippen molar-refractivity contribution in [3.63, 3.8) is 0 Å². The minimum Gasteiger partial charge on any atom is -0.477 e. The Kier molecular flexibility index (Phi) is 5.10. The topological polar surface area (TPSA) is 94.6 Å². The summed E-state index contributed by atoms with van der Waals surface area (Å²) in [6.07, 6.45) is 3.48. The lowest BCUT2D eigenvalue weighted by atomic mass is 9.98. The first-order valence-corrected chi connectivity index (χ1v) is 7.00. The van der Waals surface area contributed by atoms with Gasteiger partial charge in [-0.2, -0.15) is 0 Å². The van der Waals surface area contributed by atoms with Gasteiger partial charge in [0.05, 0.1) is 11.9 Å². The molecule has 1 aromatic heterocycles. The monoisotopic (exact) mass is 292 g/mol. The second-order valence-corrected chi connectivity index (χ2v) is 5.18. The first-order valence-electron chi connectivity index (χ1n) is 7.00. The third kappa shape index (κ3) is 4.16. The Morgan fingerprint density at radius 2 is 2.29 bits per heavy atom.